The third-order valence-electron chi connectivity index (χ3n) is 2.63. The quantitative estimate of drug-likeness (QED) is 0.785. The molecule has 0 aromatic carbocycles. The zero-order valence-electron chi connectivity index (χ0n) is 8.63. The summed E-state index contributed by atoms with van der Waals surface area (Å²) in [5.74, 6) is 1.57. The fourth-order valence-corrected chi connectivity index (χ4v) is 1.73. The fraction of sp³-hybridized carbons (Fsp3) is 0.455. The van der Waals surface area contributed by atoms with Gasteiger partial charge in [0.2, 0.25) is 0 Å². The van der Waals surface area contributed by atoms with Gasteiger partial charge in [0, 0.05) is 19.3 Å². The lowest BCUT2D eigenvalue weighted by Gasteiger charge is -2.30. The SMILES string of the molecule is C=Cc1nccc(N2CCC(O)CC2)n1. The third-order valence-corrected chi connectivity index (χ3v) is 2.63. The highest BCUT2D eigenvalue weighted by atomic mass is 16.3. The maximum absolute atomic E-state index is 9.40. The number of aliphatic hydroxyl groups is 1. The lowest BCUT2D eigenvalue weighted by Crippen LogP contribution is -2.36. The number of nitrogens with zero attached hydrogens (tertiary/aromatic N) is 3. The van der Waals surface area contributed by atoms with Gasteiger partial charge in [-0.05, 0) is 25.0 Å². The molecule has 80 valence electrons. The van der Waals surface area contributed by atoms with Crippen molar-refractivity contribution in [3.63, 3.8) is 0 Å². The molecule has 1 saturated heterocycles. The van der Waals surface area contributed by atoms with Crippen LogP contribution in [0.25, 0.3) is 6.08 Å². The molecule has 4 heteroatoms. The monoisotopic (exact) mass is 205 g/mol. The van der Waals surface area contributed by atoms with Gasteiger partial charge in [-0.15, -0.1) is 0 Å². The summed E-state index contributed by atoms with van der Waals surface area (Å²) < 4.78 is 0. The van der Waals surface area contributed by atoms with E-state index in [-0.39, 0.29) is 6.10 Å². The van der Waals surface area contributed by atoms with Crippen LogP contribution in [0.2, 0.25) is 0 Å². The Morgan fingerprint density at radius 2 is 2.20 bits per heavy atom. The molecule has 0 unspecified atom stereocenters. The van der Waals surface area contributed by atoms with E-state index in [9.17, 15) is 5.11 Å². The number of rotatable bonds is 2. The molecule has 0 atom stereocenters. The van der Waals surface area contributed by atoms with Crippen molar-refractivity contribution in [2.24, 2.45) is 0 Å². The van der Waals surface area contributed by atoms with Gasteiger partial charge >= 0.3 is 0 Å². The van der Waals surface area contributed by atoms with E-state index in [2.05, 4.69) is 21.4 Å². The second kappa shape index (κ2) is 4.40. The molecule has 0 radical (unpaired) electrons. The van der Waals surface area contributed by atoms with Gasteiger partial charge in [0.25, 0.3) is 0 Å². The molecule has 1 N–H and O–H groups in total. The molecule has 1 aromatic rings. The number of aliphatic hydroxyl groups excluding tert-OH is 1. The van der Waals surface area contributed by atoms with Gasteiger partial charge < -0.3 is 10.0 Å². The molecule has 0 aliphatic carbocycles. The Morgan fingerprint density at radius 1 is 1.47 bits per heavy atom. The zero-order valence-corrected chi connectivity index (χ0v) is 8.63. The highest BCUT2D eigenvalue weighted by Gasteiger charge is 2.17. The van der Waals surface area contributed by atoms with Gasteiger partial charge in [0.15, 0.2) is 5.82 Å². The topological polar surface area (TPSA) is 49.2 Å². The van der Waals surface area contributed by atoms with Gasteiger partial charge in [-0.1, -0.05) is 6.58 Å². The predicted octanol–water partition coefficient (Wildman–Crippen LogP) is 1.08. The average Bonchev–Trinajstić information content (AvgIpc) is 2.30. The van der Waals surface area contributed by atoms with Gasteiger partial charge in [-0.3, -0.25) is 0 Å². The van der Waals surface area contributed by atoms with E-state index in [1.54, 1.807) is 12.3 Å². The number of piperidine rings is 1. The first-order valence-corrected chi connectivity index (χ1v) is 5.18. The summed E-state index contributed by atoms with van der Waals surface area (Å²) in [4.78, 5) is 10.6. The van der Waals surface area contributed by atoms with Crippen molar-refractivity contribution in [2.45, 2.75) is 18.9 Å². The highest BCUT2D eigenvalue weighted by Crippen LogP contribution is 2.17. The summed E-state index contributed by atoms with van der Waals surface area (Å²) in [7, 11) is 0. The number of anilines is 1. The van der Waals surface area contributed by atoms with E-state index >= 15 is 0 Å². The Morgan fingerprint density at radius 3 is 2.87 bits per heavy atom. The number of hydrogen-bond acceptors (Lipinski definition) is 4. The fourth-order valence-electron chi connectivity index (χ4n) is 1.73. The van der Waals surface area contributed by atoms with Crippen molar-refractivity contribution in [1.29, 1.82) is 0 Å². The Bertz CT molecular complexity index is 345. The first-order valence-electron chi connectivity index (χ1n) is 5.18. The van der Waals surface area contributed by atoms with Crippen LogP contribution in [-0.2, 0) is 0 Å². The van der Waals surface area contributed by atoms with Gasteiger partial charge in [-0.25, -0.2) is 9.97 Å². The van der Waals surface area contributed by atoms with Crippen molar-refractivity contribution in [1.82, 2.24) is 9.97 Å². The summed E-state index contributed by atoms with van der Waals surface area (Å²) in [6.07, 6.45) is 4.86. The van der Waals surface area contributed by atoms with E-state index in [4.69, 9.17) is 0 Å². The predicted molar refractivity (Wildman–Crippen MR) is 59.6 cm³/mol. The minimum Gasteiger partial charge on any atom is -0.393 e. The van der Waals surface area contributed by atoms with Crippen molar-refractivity contribution in [2.75, 3.05) is 18.0 Å². The summed E-state index contributed by atoms with van der Waals surface area (Å²) in [5.41, 5.74) is 0. The molecule has 4 nitrogen and oxygen atoms in total. The zero-order chi connectivity index (χ0) is 10.7. The van der Waals surface area contributed by atoms with E-state index in [1.165, 1.54) is 0 Å². The van der Waals surface area contributed by atoms with Crippen LogP contribution in [0, 0.1) is 0 Å². The third kappa shape index (κ3) is 2.33. The Labute approximate surface area is 89.3 Å². The second-order valence-corrected chi connectivity index (χ2v) is 3.70. The molecule has 2 heterocycles. The highest BCUT2D eigenvalue weighted by molar-refractivity contribution is 5.44. The van der Waals surface area contributed by atoms with Gasteiger partial charge in [0.1, 0.15) is 5.82 Å². The largest absolute Gasteiger partial charge is 0.393 e. The molecule has 1 aliphatic rings. The molecular weight excluding hydrogens is 190 g/mol. The molecule has 0 spiro atoms. The van der Waals surface area contributed by atoms with Crippen LogP contribution >= 0.6 is 0 Å². The van der Waals surface area contributed by atoms with E-state index in [0.717, 1.165) is 31.7 Å². The maximum atomic E-state index is 9.40. The smallest absolute Gasteiger partial charge is 0.153 e. The van der Waals surface area contributed by atoms with Crippen LogP contribution in [0.5, 0.6) is 0 Å². The number of aromatic nitrogens is 2. The first-order chi connectivity index (χ1) is 7.29. The minimum atomic E-state index is -0.151. The van der Waals surface area contributed by atoms with E-state index in [1.807, 2.05) is 6.07 Å². The van der Waals surface area contributed by atoms with Gasteiger partial charge in [0.05, 0.1) is 6.10 Å². The second-order valence-electron chi connectivity index (χ2n) is 3.70. The number of hydrogen-bond donors (Lipinski definition) is 1. The van der Waals surface area contributed by atoms with Crippen molar-refractivity contribution < 1.29 is 5.11 Å². The van der Waals surface area contributed by atoms with E-state index in [0.29, 0.717) is 5.82 Å². The lowest BCUT2D eigenvalue weighted by molar-refractivity contribution is 0.145. The Kier molecular flexibility index (Phi) is 2.97. The molecular formula is C11H15N3O. The van der Waals surface area contributed by atoms with Crippen LogP contribution in [0.3, 0.4) is 0 Å². The molecule has 0 saturated carbocycles. The molecule has 1 aromatic heterocycles. The van der Waals surface area contributed by atoms with Crippen molar-refractivity contribution in [3.8, 4) is 0 Å². The molecule has 2 rings (SSSR count). The molecule has 0 bridgehead atoms. The first kappa shape index (κ1) is 10.1. The summed E-state index contributed by atoms with van der Waals surface area (Å²) >= 11 is 0. The normalized spacial score (nSPS) is 17.8. The minimum absolute atomic E-state index is 0.151. The Hall–Kier alpha value is -1.42. The van der Waals surface area contributed by atoms with Crippen LogP contribution in [0.4, 0.5) is 5.82 Å². The van der Waals surface area contributed by atoms with Crippen LogP contribution in [0.1, 0.15) is 18.7 Å². The average molecular weight is 205 g/mol. The summed E-state index contributed by atoms with van der Waals surface area (Å²) in [6, 6.07) is 1.89. The van der Waals surface area contributed by atoms with Crippen molar-refractivity contribution >= 4 is 11.9 Å². The molecule has 1 aliphatic heterocycles. The van der Waals surface area contributed by atoms with Gasteiger partial charge in [-0.2, -0.15) is 0 Å². The van der Waals surface area contributed by atoms with Crippen molar-refractivity contribution in [3.05, 3.63) is 24.7 Å². The molecule has 15 heavy (non-hydrogen) atoms. The summed E-state index contributed by atoms with van der Waals surface area (Å²) in [6.45, 7) is 5.36. The van der Waals surface area contributed by atoms with E-state index < -0.39 is 0 Å². The summed E-state index contributed by atoms with van der Waals surface area (Å²) in [5, 5.41) is 9.40. The van der Waals surface area contributed by atoms with Crippen LogP contribution in [0.15, 0.2) is 18.8 Å². The standard InChI is InChI=1S/C11H15N3O/c1-2-10-12-6-3-11(13-10)14-7-4-9(15)5-8-14/h2-3,6,9,15H,1,4-5,7-8H2. The molecule has 1 fully saturated rings. The van der Waals surface area contributed by atoms with Crippen LogP contribution in [-0.4, -0.2) is 34.3 Å². The molecule has 0 amide bonds. The maximum Gasteiger partial charge on any atom is 0.153 e. The lowest BCUT2D eigenvalue weighted by atomic mass is 10.1. The van der Waals surface area contributed by atoms with Crippen LogP contribution < -0.4 is 4.90 Å². The Balaban J connectivity index is 2.11.